The van der Waals surface area contributed by atoms with Crippen LogP contribution in [0.15, 0.2) is 42.6 Å². The number of aryl methyl sites for hydroxylation is 1. The average molecular weight is 265 g/mol. The van der Waals surface area contributed by atoms with Crippen molar-refractivity contribution in [2.24, 2.45) is 5.84 Å². The summed E-state index contributed by atoms with van der Waals surface area (Å²) in [7, 11) is 0. The number of nitrogen functional groups attached to an aromatic ring is 1. The van der Waals surface area contributed by atoms with Gasteiger partial charge in [-0.15, -0.1) is 0 Å². The van der Waals surface area contributed by atoms with Gasteiger partial charge < -0.3 is 5.43 Å². The number of nitrogens with two attached hydrogens (primary N) is 1. The molecule has 1 aromatic carbocycles. The number of anilines is 1. The molecule has 2 aromatic heterocycles. The summed E-state index contributed by atoms with van der Waals surface area (Å²) in [4.78, 5) is 13.3. The largest absolute Gasteiger partial charge is 0.308 e. The first-order valence-electron chi connectivity index (χ1n) is 6.50. The molecular weight excluding hydrogens is 250 g/mol. The molecule has 2 heterocycles. The van der Waals surface area contributed by atoms with Crippen molar-refractivity contribution < 1.29 is 0 Å². The van der Waals surface area contributed by atoms with Gasteiger partial charge >= 0.3 is 0 Å². The summed E-state index contributed by atoms with van der Waals surface area (Å²) in [5, 5.41) is 1.07. The first-order valence-corrected chi connectivity index (χ1v) is 6.50. The van der Waals surface area contributed by atoms with Crippen molar-refractivity contribution in [1.29, 1.82) is 0 Å². The van der Waals surface area contributed by atoms with Crippen LogP contribution in [0.3, 0.4) is 0 Å². The maximum atomic E-state index is 5.46. The minimum atomic E-state index is 0.623. The maximum absolute atomic E-state index is 5.46. The highest BCUT2D eigenvalue weighted by Gasteiger charge is 2.06. The van der Waals surface area contributed by atoms with E-state index in [1.807, 2.05) is 36.4 Å². The van der Waals surface area contributed by atoms with Crippen molar-refractivity contribution >= 4 is 16.7 Å². The normalized spacial score (nSPS) is 10.7. The van der Waals surface area contributed by atoms with Crippen molar-refractivity contribution in [3.8, 4) is 11.4 Å². The number of fused-ring (bicyclic) bond motifs is 1. The third-order valence-corrected chi connectivity index (χ3v) is 3.15. The molecule has 0 spiro atoms. The number of aromatic nitrogens is 3. The number of rotatable bonds is 3. The van der Waals surface area contributed by atoms with E-state index < -0.39 is 0 Å². The van der Waals surface area contributed by atoms with Gasteiger partial charge in [0, 0.05) is 28.9 Å². The molecule has 0 radical (unpaired) electrons. The monoisotopic (exact) mass is 265 g/mol. The number of hydrazine groups is 1. The van der Waals surface area contributed by atoms with Crippen LogP contribution in [0.4, 0.5) is 5.82 Å². The van der Waals surface area contributed by atoms with E-state index >= 15 is 0 Å². The van der Waals surface area contributed by atoms with E-state index in [9.17, 15) is 0 Å². The summed E-state index contributed by atoms with van der Waals surface area (Å²) in [5.41, 5.74) is 5.45. The molecule has 0 amide bonds. The molecule has 5 nitrogen and oxygen atoms in total. The second kappa shape index (κ2) is 5.22. The van der Waals surface area contributed by atoms with E-state index in [1.165, 1.54) is 0 Å². The fourth-order valence-electron chi connectivity index (χ4n) is 2.10. The van der Waals surface area contributed by atoms with Crippen LogP contribution in [0.1, 0.15) is 12.6 Å². The van der Waals surface area contributed by atoms with Crippen molar-refractivity contribution in [3.63, 3.8) is 0 Å². The molecule has 0 aliphatic heterocycles. The van der Waals surface area contributed by atoms with E-state index in [1.54, 1.807) is 6.20 Å². The first kappa shape index (κ1) is 12.5. The predicted molar refractivity (Wildman–Crippen MR) is 80.0 cm³/mol. The lowest BCUT2D eigenvalue weighted by Gasteiger charge is -2.07. The van der Waals surface area contributed by atoms with Gasteiger partial charge in [-0.25, -0.2) is 15.8 Å². The zero-order valence-electron chi connectivity index (χ0n) is 11.2. The van der Waals surface area contributed by atoms with Crippen LogP contribution in [-0.2, 0) is 6.42 Å². The van der Waals surface area contributed by atoms with E-state index in [4.69, 9.17) is 5.84 Å². The Balaban J connectivity index is 2.14. The molecule has 3 aromatic rings. The average Bonchev–Trinajstić information content (AvgIpc) is 2.53. The van der Waals surface area contributed by atoms with Crippen molar-refractivity contribution in [3.05, 3.63) is 48.3 Å². The fraction of sp³-hybridized carbons (Fsp3) is 0.133. The van der Waals surface area contributed by atoms with Gasteiger partial charge in [-0.05, 0) is 30.7 Å². The number of nitrogens with zero attached hydrogens (tertiary/aromatic N) is 3. The number of nitrogens with one attached hydrogen (secondary N) is 1. The molecule has 0 aliphatic carbocycles. The second-order valence-electron chi connectivity index (χ2n) is 4.48. The zero-order valence-corrected chi connectivity index (χ0v) is 11.2. The van der Waals surface area contributed by atoms with Crippen LogP contribution < -0.4 is 11.3 Å². The van der Waals surface area contributed by atoms with Crippen LogP contribution in [0.5, 0.6) is 0 Å². The molecule has 20 heavy (non-hydrogen) atoms. The molecule has 0 saturated carbocycles. The lowest BCUT2D eigenvalue weighted by molar-refractivity contribution is 1.00. The highest BCUT2D eigenvalue weighted by atomic mass is 15.3. The highest BCUT2D eigenvalue weighted by Crippen LogP contribution is 2.22. The lowest BCUT2D eigenvalue weighted by Crippen LogP contribution is -2.10. The quantitative estimate of drug-likeness (QED) is 0.562. The van der Waals surface area contributed by atoms with Gasteiger partial charge in [0.05, 0.1) is 5.52 Å². The maximum Gasteiger partial charge on any atom is 0.161 e. The topological polar surface area (TPSA) is 76.7 Å². The molecule has 0 fully saturated rings. The summed E-state index contributed by atoms with van der Waals surface area (Å²) in [6.45, 7) is 2.05. The molecule has 0 atom stereocenters. The molecule has 0 aliphatic rings. The van der Waals surface area contributed by atoms with Gasteiger partial charge in [-0.3, -0.25) is 4.98 Å². The number of pyridine rings is 1. The molecule has 100 valence electrons. The fourth-order valence-corrected chi connectivity index (χ4v) is 2.10. The van der Waals surface area contributed by atoms with Crippen LogP contribution in [0, 0.1) is 0 Å². The van der Waals surface area contributed by atoms with Gasteiger partial charge in [0.1, 0.15) is 5.82 Å². The third-order valence-electron chi connectivity index (χ3n) is 3.15. The van der Waals surface area contributed by atoms with Crippen molar-refractivity contribution in [2.45, 2.75) is 13.3 Å². The van der Waals surface area contributed by atoms with E-state index in [-0.39, 0.29) is 0 Å². The van der Waals surface area contributed by atoms with Crippen LogP contribution >= 0.6 is 0 Å². The summed E-state index contributed by atoms with van der Waals surface area (Å²) in [5.74, 6) is 6.75. The minimum absolute atomic E-state index is 0.623. The Labute approximate surface area is 116 Å². The van der Waals surface area contributed by atoms with Crippen molar-refractivity contribution in [2.75, 3.05) is 5.43 Å². The van der Waals surface area contributed by atoms with Gasteiger partial charge in [0.2, 0.25) is 0 Å². The molecule has 3 rings (SSSR count). The number of hydrogen-bond acceptors (Lipinski definition) is 5. The lowest BCUT2D eigenvalue weighted by atomic mass is 10.1. The Morgan fingerprint density at radius 2 is 2.05 bits per heavy atom. The summed E-state index contributed by atoms with van der Waals surface area (Å²) < 4.78 is 0. The van der Waals surface area contributed by atoms with E-state index in [0.29, 0.717) is 11.6 Å². The van der Waals surface area contributed by atoms with Gasteiger partial charge in [-0.1, -0.05) is 13.0 Å². The zero-order chi connectivity index (χ0) is 13.9. The molecule has 0 bridgehead atoms. The Morgan fingerprint density at radius 1 is 1.15 bits per heavy atom. The van der Waals surface area contributed by atoms with E-state index in [0.717, 1.165) is 28.6 Å². The van der Waals surface area contributed by atoms with Crippen LogP contribution in [-0.4, -0.2) is 15.0 Å². The van der Waals surface area contributed by atoms with Gasteiger partial charge in [0.25, 0.3) is 0 Å². The molecule has 3 N–H and O–H groups in total. The SMILES string of the molecule is CCc1cc(NN)nc(-c2ccc3ncccc3c2)n1. The first-order chi connectivity index (χ1) is 9.80. The Kier molecular flexibility index (Phi) is 3.26. The molecule has 5 heteroatoms. The van der Waals surface area contributed by atoms with Crippen molar-refractivity contribution in [1.82, 2.24) is 15.0 Å². The van der Waals surface area contributed by atoms with Gasteiger partial charge in [-0.2, -0.15) is 0 Å². The van der Waals surface area contributed by atoms with Crippen LogP contribution in [0.2, 0.25) is 0 Å². The Morgan fingerprint density at radius 3 is 2.85 bits per heavy atom. The Hall–Kier alpha value is -2.53. The molecular formula is C15H15N5. The Bertz CT molecular complexity index is 732. The van der Waals surface area contributed by atoms with Crippen LogP contribution in [0.25, 0.3) is 22.3 Å². The summed E-state index contributed by atoms with van der Waals surface area (Å²) in [6.07, 6.45) is 2.62. The van der Waals surface area contributed by atoms with E-state index in [2.05, 4.69) is 27.3 Å². The predicted octanol–water partition coefficient (Wildman–Crippen LogP) is 2.54. The highest BCUT2D eigenvalue weighted by molar-refractivity contribution is 5.83. The van der Waals surface area contributed by atoms with Gasteiger partial charge in [0.15, 0.2) is 5.82 Å². The summed E-state index contributed by atoms with van der Waals surface area (Å²) >= 11 is 0. The number of benzene rings is 1. The molecule has 0 unspecified atom stereocenters. The number of hydrogen-bond donors (Lipinski definition) is 2. The summed E-state index contributed by atoms with van der Waals surface area (Å²) in [6, 6.07) is 11.8. The molecule has 0 saturated heterocycles. The third kappa shape index (κ3) is 2.31. The second-order valence-corrected chi connectivity index (χ2v) is 4.48. The smallest absolute Gasteiger partial charge is 0.161 e. The standard InChI is InChI=1S/C15H15N5/c1-2-12-9-14(20-16)19-15(18-12)11-5-6-13-10(8-11)4-3-7-17-13/h3-9H,2,16H2,1H3,(H,18,19,20). The minimum Gasteiger partial charge on any atom is -0.308 e.